The maximum Gasteiger partial charge on any atom is 0.213 e. The summed E-state index contributed by atoms with van der Waals surface area (Å²) in [6.07, 6.45) is 4.82. The first-order chi connectivity index (χ1) is 9.17. The first-order valence-electron chi connectivity index (χ1n) is 6.98. The number of hydrogen-bond donors (Lipinski definition) is 1. The van der Waals surface area contributed by atoms with Gasteiger partial charge in [-0.2, -0.15) is 0 Å². The first kappa shape index (κ1) is 14.6. The maximum atomic E-state index is 6.20. The number of ether oxygens (including phenoxy) is 1. The molecule has 2 rings (SSSR count). The van der Waals surface area contributed by atoms with E-state index in [1.54, 1.807) is 7.11 Å². The van der Waals surface area contributed by atoms with Crippen LogP contribution in [0.1, 0.15) is 38.3 Å². The third kappa shape index (κ3) is 3.83. The fourth-order valence-corrected chi connectivity index (χ4v) is 2.98. The van der Waals surface area contributed by atoms with Crippen LogP contribution in [0.2, 0.25) is 0 Å². The third-order valence-electron chi connectivity index (χ3n) is 4.12. The number of hydrogen-bond acceptors (Lipinski definition) is 3. The molecular weight excluding hydrogens is 260 g/mol. The highest BCUT2D eigenvalue weighted by Gasteiger charge is 2.32. The Balaban J connectivity index is 1.95. The molecule has 1 saturated carbocycles. The van der Waals surface area contributed by atoms with Gasteiger partial charge in [0.1, 0.15) is 0 Å². The van der Waals surface area contributed by atoms with Crippen molar-refractivity contribution >= 4 is 11.6 Å². The molecule has 0 amide bonds. The van der Waals surface area contributed by atoms with E-state index in [4.69, 9.17) is 16.3 Å². The monoisotopic (exact) mass is 282 g/mol. The molecule has 0 atom stereocenters. The molecule has 0 aliphatic heterocycles. The minimum Gasteiger partial charge on any atom is -0.481 e. The van der Waals surface area contributed by atoms with Gasteiger partial charge < -0.3 is 10.1 Å². The fourth-order valence-electron chi connectivity index (χ4n) is 2.62. The van der Waals surface area contributed by atoms with Crippen LogP contribution >= 0.6 is 11.6 Å². The van der Waals surface area contributed by atoms with Crippen LogP contribution in [-0.2, 0) is 6.54 Å². The molecule has 1 fully saturated rings. The average Bonchev–Trinajstić information content (AvgIpc) is 2.47. The fraction of sp³-hybridized carbons (Fsp3) is 0.667. The van der Waals surface area contributed by atoms with Gasteiger partial charge in [0.15, 0.2) is 0 Å². The minimum atomic E-state index is 0.0822. The summed E-state index contributed by atoms with van der Waals surface area (Å²) in [5.74, 6) is 2.16. The van der Waals surface area contributed by atoms with Crippen LogP contribution in [0.3, 0.4) is 0 Å². The number of nitrogens with one attached hydrogen (secondary N) is 1. The number of nitrogens with zero attached hydrogens (tertiary/aromatic N) is 1. The first-order valence-corrected chi connectivity index (χ1v) is 7.52. The molecule has 106 valence electrons. The summed E-state index contributed by atoms with van der Waals surface area (Å²) in [5.41, 5.74) is 1.08. The zero-order chi connectivity index (χ0) is 13.7. The lowest BCUT2D eigenvalue weighted by molar-refractivity contribution is 0.215. The van der Waals surface area contributed by atoms with E-state index in [2.05, 4.69) is 17.2 Å². The average molecular weight is 283 g/mol. The molecule has 0 bridgehead atoms. The van der Waals surface area contributed by atoms with Crippen molar-refractivity contribution in [1.29, 1.82) is 0 Å². The Morgan fingerprint density at radius 2 is 2.16 bits per heavy atom. The lowest BCUT2D eigenvalue weighted by Crippen LogP contribution is -2.49. The highest BCUT2D eigenvalue weighted by atomic mass is 35.5. The molecule has 1 N–H and O–H groups in total. The number of methoxy groups -OCH3 is 1. The third-order valence-corrected chi connectivity index (χ3v) is 4.63. The molecule has 19 heavy (non-hydrogen) atoms. The van der Waals surface area contributed by atoms with Crippen LogP contribution in [0.4, 0.5) is 0 Å². The van der Waals surface area contributed by atoms with E-state index >= 15 is 0 Å². The Morgan fingerprint density at radius 1 is 1.42 bits per heavy atom. The van der Waals surface area contributed by atoms with E-state index in [0.29, 0.717) is 11.8 Å². The molecule has 1 aromatic heterocycles. The number of halogens is 1. The van der Waals surface area contributed by atoms with Gasteiger partial charge in [0, 0.05) is 24.0 Å². The van der Waals surface area contributed by atoms with Crippen LogP contribution in [-0.4, -0.2) is 23.5 Å². The summed E-state index contributed by atoms with van der Waals surface area (Å²) in [6.45, 7) is 3.07. The predicted molar refractivity (Wildman–Crippen MR) is 78.7 cm³/mol. The van der Waals surface area contributed by atoms with E-state index in [0.717, 1.165) is 31.0 Å². The second kappa shape index (κ2) is 6.58. The zero-order valence-corrected chi connectivity index (χ0v) is 12.5. The van der Waals surface area contributed by atoms with Crippen molar-refractivity contribution in [3.8, 4) is 5.88 Å². The largest absolute Gasteiger partial charge is 0.481 e. The number of alkyl halides is 1. The Kier molecular flexibility index (Phi) is 5.06. The van der Waals surface area contributed by atoms with Gasteiger partial charge >= 0.3 is 0 Å². The molecule has 0 radical (unpaired) electrons. The summed E-state index contributed by atoms with van der Waals surface area (Å²) in [6, 6.07) is 5.85. The molecule has 0 saturated heterocycles. The van der Waals surface area contributed by atoms with Crippen molar-refractivity contribution in [2.75, 3.05) is 13.0 Å². The number of aromatic nitrogens is 1. The summed E-state index contributed by atoms with van der Waals surface area (Å²) in [7, 11) is 1.64. The van der Waals surface area contributed by atoms with Gasteiger partial charge in [0.25, 0.3) is 0 Å². The number of pyridine rings is 1. The van der Waals surface area contributed by atoms with E-state index in [1.165, 1.54) is 12.8 Å². The second-order valence-electron chi connectivity index (χ2n) is 5.62. The maximum absolute atomic E-state index is 6.20. The van der Waals surface area contributed by atoms with Crippen molar-refractivity contribution in [3.05, 3.63) is 23.9 Å². The summed E-state index contributed by atoms with van der Waals surface area (Å²) in [4.78, 5) is 4.43. The Morgan fingerprint density at radius 3 is 2.79 bits per heavy atom. The van der Waals surface area contributed by atoms with Crippen molar-refractivity contribution in [1.82, 2.24) is 10.3 Å². The standard InChI is InChI=1S/C15H23ClN2O/c1-12-6-8-15(11-16,9-7-12)17-10-13-4-3-5-14(18-13)19-2/h3-5,12,17H,6-11H2,1-2H3. The minimum absolute atomic E-state index is 0.0822. The summed E-state index contributed by atoms with van der Waals surface area (Å²) >= 11 is 6.20. The molecule has 0 unspecified atom stereocenters. The Bertz CT molecular complexity index is 403. The Labute approximate surface area is 120 Å². The molecule has 1 aliphatic carbocycles. The van der Waals surface area contributed by atoms with Gasteiger partial charge in [-0.05, 0) is 37.7 Å². The van der Waals surface area contributed by atoms with E-state index in [-0.39, 0.29) is 5.54 Å². The van der Waals surface area contributed by atoms with Gasteiger partial charge in [-0.3, -0.25) is 0 Å². The normalized spacial score (nSPS) is 27.2. The van der Waals surface area contributed by atoms with Gasteiger partial charge in [0.05, 0.1) is 12.8 Å². The van der Waals surface area contributed by atoms with Crippen molar-refractivity contribution < 1.29 is 4.74 Å². The molecule has 4 heteroatoms. The lowest BCUT2D eigenvalue weighted by Gasteiger charge is -2.39. The molecule has 1 aliphatic rings. The van der Waals surface area contributed by atoms with Crippen LogP contribution in [0.5, 0.6) is 5.88 Å². The highest BCUT2D eigenvalue weighted by Crippen LogP contribution is 2.33. The summed E-state index contributed by atoms with van der Waals surface area (Å²) in [5, 5.41) is 3.62. The topological polar surface area (TPSA) is 34.1 Å². The number of rotatable bonds is 5. The zero-order valence-electron chi connectivity index (χ0n) is 11.8. The second-order valence-corrected chi connectivity index (χ2v) is 5.89. The van der Waals surface area contributed by atoms with Gasteiger partial charge in [-0.15, -0.1) is 11.6 Å². The summed E-state index contributed by atoms with van der Waals surface area (Å²) < 4.78 is 5.15. The van der Waals surface area contributed by atoms with Crippen LogP contribution in [0.25, 0.3) is 0 Å². The molecule has 0 spiro atoms. The van der Waals surface area contributed by atoms with E-state index in [9.17, 15) is 0 Å². The van der Waals surface area contributed by atoms with Crippen molar-refractivity contribution in [3.63, 3.8) is 0 Å². The van der Waals surface area contributed by atoms with E-state index < -0.39 is 0 Å². The van der Waals surface area contributed by atoms with E-state index in [1.807, 2.05) is 18.2 Å². The quantitative estimate of drug-likeness (QED) is 0.841. The molecule has 0 aromatic carbocycles. The predicted octanol–water partition coefficient (Wildman–Crippen LogP) is 3.37. The van der Waals surface area contributed by atoms with Crippen LogP contribution < -0.4 is 10.1 Å². The molecule has 1 aromatic rings. The molecule has 3 nitrogen and oxygen atoms in total. The smallest absolute Gasteiger partial charge is 0.213 e. The van der Waals surface area contributed by atoms with Crippen molar-refractivity contribution in [2.45, 2.75) is 44.7 Å². The van der Waals surface area contributed by atoms with Gasteiger partial charge in [0.2, 0.25) is 5.88 Å². The van der Waals surface area contributed by atoms with Crippen LogP contribution in [0, 0.1) is 5.92 Å². The Hall–Kier alpha value is -0.800. The van der Waals surface area contributed by atoms with Gasteiger partial charge in [-0.1, -0.05) is 13.0 Å². The van der Waals surface area contributed by atoms with Gasteiger partial charge in [-0.25, -0.2) is 4.98 Å². The van der Waals surface area contributed by atoms with Crippen molar-refractivity contribution in [2.24, 2.45) is 5.92 Å². The van der Waals surface area contributed by atoms with Crippen LogP contribution in [0.15, 0.2) is 18.2 Å². The lowest BCUT2D eigenvalue weighted by atomic mass is 9.78. The SMILES string of the molecule is COc1cccc(CNC2(CCl)CCC(C)CC2)n1. The highest BCUT2D eigenvalue weighted by molar-refractivity contribution is 6.18. The molecular formula is C15H23ClN2O. The molecule has 1 heterocycles.